The largest absolute Gasteiger partial charge is 0.497 e. The summed E-state index contributed by atoms with van der Waals surface area (Å²) < 4.78 is 5.27. The number of methoxy groups -OCH3 is 1. The summed E-state index contributed by atoms with van der Waals surface area (Å²) in [6.45, 7) is 11.4. The highest BCUT2D eigenvalue weighted by Crippen LogP contribution is 2.28. The molecule has 1 aromatic carbocycles. The minimum Gasteiger partial charge on any atom is -0.497 e. The van der Waals surface area contributed by atoms with E-state index >= 15 is 0 Å². The maximum atomic E-state index is 10.6. The van der Waals surface area contributed by atoms with E-state index in [9.17, 15) is 5.11 Å². The molecule has 0 heterocycles. The van der Waals surface area contributed by atoms with Gasteiger partial charge in [-0.25, -0.2) is 0 Å². The Balaban J connectivity index is 2.78. The number of nitrogens with one attached hydrogen (secondary N) is 1. The molecule has 114 valence electrons. The Labute approximate surface area is 123 Å². The molecule has 0 radical (unpaired) electrons. The van der Waals surface area contributed by atoms with Crippen LogP contribution in [-0.4, -0.2) is 24.8 Å². The van der Waals surface area contributed by atoms with Gasteiger partial charge in [-0.1, -0.05) is 13.8 Å². The molecule has 0 saturated heterocycles. The summed E-state index contributed by atoms with van der Waals surface area (Å²) in [4.78, 5) is 0. The SMILES string of the molecule is COc1cc(C)c(C(O)C(C)NCCC(C)C)c(C)c1. The van der Waals surface area contributed by atoms with Crippen molar-refractivity contribution in [1.82, 2.24) is 5.32 Å². The first-order valence-electron chi connectivity index (χ1n) is 7.43. The zero-order valence-electron chi connectivity index (χ0n) is 13.7. The Morgan fingerprint density at radius 2 is 1.70 bits per heavy atom. The van der Waals surface area contributed by atoms with Gasteiger partial charge in [-0.2, -0.15) is 0 Å². The Morgan fingerprint density at radius 1 is 1.15 bits per heavy atom. The Hall–Kier alpha value is -1.06. The topological polar surface area (TPSA) is 41.5 Å². The minimum absolute atomic E-state index is 0.0412. The number of aliphatic hydroxyl groups is 1. The quantitative estimate of drug-likeness (QED) is 0.804. The molecular formula is C17H29NO2. The van der Waals surface area contributed by atoms with Crippen molar-refractivity contribution in [3.63, 3.8) is 0 Å². The third-order valence-electron chi connectivity index (χ3n) is 3.76. The lowest BCUT2D eigenvalue weighted by molar-refractivity contribution is 0.134. The summed E-state index contributed by atoms with van der Waals surface area (Å²) in [6, 6.07) is 4.00. The zero-order valence-corrected chi connectivity index (χ0v) is 13.7. The molecule has 0 fully saturated rings. The van der Waals surface area contributed by atoms with Crippen LogP contribution in [0.25, 0.3) is 0 Å². The second-order valence-electron chi connectivity index (χ2n) is 6.05. The summed E-state index contributed by atoms with van der Waals surface area (Å²) in [5.41, 5.74) is 3.16. The van der Waals surface area contributed by atoms with Gasteiger partial charge in [0.25, 0.3) is 0 Å². The first-order chi connectivity index (χ1) is 9.36. The van der Waals surface area contributed by atoms with Crippen LogP contribution in [0, 0.1) is 19.8 Å². The molecule has 0 aliphatic heterocycles. The molecule has 0 bridgehead atoms. The van der Waals surface area contributed by atoms with Gasteiger partial charge in [0, 0.05) is 6.04 Å². The highest BCUT2D eigenvalue weighted by molar-refractivity contribution is 5.42. The number of hydrogen-bond donors (Lipinski definition) is 2. The number of ether oxygens (including phenoxy) is 1. The van der Waals surface area contributed by atoms with Gasteiger partial charge in [0.1, 0.15) is 5.75 Å². The van der Waals surface area contributed by atoms with Crippen LogP contribution >= 0.6 is 0 Å². The van der Waals surface area contributed by atoms with Crippen LogP contribution in [0.4, 0.5) is 0 Å². The van der Waals surface area contributed by atoms with Crippen molar-refractivity contribution in [3.8, 4) is 5.75 Å². The molecule has 0 amide bonds. The number of hydrogen-bond acceptors (Lipinski definition) is 3. The van der Waals surface area contributed by atoms with Crippen LogP contribution in [0.2, 0.25) is 0 Å². The molecule has 2 unspecified atom stereocenters. The Kier molecular flexibility index (Phi) is 6.50. The average Bonchev–Trinajstić information content (AvgIpc) is 2.36. The van der Waals surface area contributed by atoms with Crippen molar-refractivity contribution < 1.29 is 9.84 Å². The minimum atomic E-state index is -0.493. The fourth-order valence-corrected chi connectivity index (χ4v) is 2.48. The van der Waals surface area contributed by atoms with E-state index in [-0.39, 0.29) is 6.04 Å². The van der Waals surface area contributed by atoms with Crippen LogP contribution in [-0.2, 0) is 0 Å². The van der Waals surface area contributed by atoms with E-state index in [1.54, 1.807) is 7.11 Å². The molecule has 20 heavy (non-hydrogen) atoms. The predicted octanol–water partition coefficient (Wildman–Crippen LogP) is 3.37. The van der Waals surface area contributed by atoms with E-state index in [1.807, 2.05) is 32.9 Å². The van der Waals surface area contributed by atoms with Gasteiger partial charge in [-0.15, -0.1) is 0 Å². The smallest absolute Gasteiger partial charge is 0.119 e. The van der Waals surface area contributed by atoms with Crippen molar-refractivity contribution in [3.05, 3.63) is 28.8 Å². The number of aryl methyl sites for hydroxylation is 2. The van der Waals surface area contributed by atoms with Gasteiger partial charge >= 0.3 is 0 Å². The highest BCUT2D eigenvalue weighted by atomic mass is 16.5. The second kappa shape index (κ2) is 7.65. The first-order valence-corrected chi connectivity index (χ1v) is 7.43. The summed E-state index contributed by atoms with van der Waals surface area (Å²) in [5, 5.41) is 14.0. The third-order valence-corrected chi connectivity index (χ3v) is 3.76. The van der Waals surface area contributed by atoms with Crippen molar-refractivity contribution in [2.45, 2.75) is 53.2 Å². The van der Waals surface area contributed by atoms with Gasteiger partial charge in [0.15, 0.2) is 0 Å². The van der Waals surface area contributed by atoms with Crippen LogP contribution in [0.15, 0.2) is 12.1 Å². The van der Waals surface area contributed by atoms with E-state index < -0.39 is 6.10 Å². The van der Waals surface area contributed by atoms with E-state index in [0.29, 0.717) is 5.92 Å². The van der Waals surface area contributed by atoms with Gasteiger partial charge in [-0.3, -0.25) is 0 Å². The van der Waals surface area contributed by atoms with Crippen molar-refractivity contribution in [1.29, 1.82) is 0 Å². The van der Waals surface area contributed by atoms with Gasteiger partial charge < -0.3 is 15.2 Å². The lowest BCUT2D eigenvalue weighted by Crippen LogP contribution is -2.34. The van der Waals surface area contributed by atoms with Crippen molar-refractivity contribution in [2.24, 2.45) is 5.92 Å². The maximum Gasteiger partial charge on any atom is 0.119 e. The lowest BCUT2D eigenvalue weighted by atomic mass is 9.93. The van der Waals surface area contributed by atoms with Gasteiger partial charge in [0.05, 0.1) is 13.2 Å². The molecule has 0 aromatic heterocycles. The fourth-order valence-electron chi connectivity index (χ4n) is 2.48. The molecule has 2 atom stereocenters. The molecule has 0 spiro atoms. The second-order valence-corrected chi connectivity index (χ2v) is 6.05. The molecule has 0 saturated carbocycles. The molecule has 3 heteroatoms. The molecule has 0 aliphatic carbocycles. The summed E-state index contributed by atoms with van der Waals surface area (Å²) in [6.07, 6.45) is 0.630. The van der Waals surface area contributed by atoms with Crippen LogP contribution in [0.1, 0.15) is 50.0 Å². The standard InChI is InChI=1S/C17H29NO2/c1-11(2)7-8-18-14(5)17(19)16-12(3)9-15(20-6)10-13(16)4/h9-11,14,17-19H,7-8H2,1-6H3. The first kappa shape index (κ1) is 17.0. The average molecular weight is 279 g/mol. The molecule has 1 aromatic rings. The molecule has 0 aliphatic rings. The van der Waals surface area contributed by atoms with Crippen LogP contribution in [0.3, 0.4) is 0 Å². The zero-order chi connectivity index (χ0) is 15.3. The van der Waals surface area contributed by atoms with Crippen LogP contribution < -0.4 is 10.1 Å². The summed E-state index contributed by atoms with van der Waals surface area (Å²) >= 11 is 0. The number of benzene rings is 1. The Bertz CT molecular complexity index is 406. The summed E-state index contributed by atoms with van der Waals surface area (Å²) in [5.74, 6) is 1.52. The third kappa shape index (κ3) is 4.50. The lowest BCUT2D eigenvalue weighted by Gasteiger charge is -2.24. The van der Waals surface area contributed by atoms with Crippen molar-refractivity contribution in [2.75, 3.05) is 13.7 Å². The van der Waals surface area contributed by atoms with E-state index in [1.165, 1.54) is 0 Å². The molecule has 1 rings (SSSR count). The van der Waals surface area contributed by atoms with E-state index in [0.717, 1.165) is 35.4 Å². The number of rotatable bonds is 7. The summed E-state index contributed by atoms with van der Waals surface area (Å²) in [7, 11) is 1.67. The molecule has 3 nitrogen and oxygen atoms in total. The van der Waals surface area contributed by atoms with E-state index in [4.69, 9.17) is 4.74 Å². The normalized spacial score (nSPS) is 14.4. The Morgan fingerprint density at radius 3 is 2.15 bits per heavy atom. The molecular weight excluding hydrogens is 250 g/mol. The highest BCUT2D eigenvalue weighted by Gasteiger charge is 2.20. The fraction of sp³-hybridized carbons (Fsp3) is 0.647. The predicted molar refractivity (Wildman–Crippen MR) is 84.3 cm³/mol. The van der Waals surface area contributed by atoms with Gasteiger partial charge in [0.2, 0.25) is 0 Å². The number of aliphatic hydroxyl groups excluding tert-OH is 1. The van der Waals surface area contributed by atoms with Crippen molar-refractivity contribution >= 4 is 0 Å². The maximum absolute atomic E-state index is 10.6. The van der Waals surface area contributed by atoms with E-state index in [2.05, 4.69) is 19.2 Å². The van der Waals surface area contributed by atoms with Crippen LogP contribution in [0.5, 0.6) is 5.75 Å². The van der Waals surface area contributed by atoms with Gasteiger partial charge in [-0.05, 0) is 68.5 Å². The monoisotopic (exact) mass is 279 g/mol. The molecule has 2 N–H and O–H groups in total.